The molecule has 172 valence electrons. The standard InChI is InChI=1S/C24H37NO4SSi/c1-9-11-23(28-10-2)22-17-14-20(18-29-31(7,8)24(4,5)6)25(22)30(26,27)21-15-12-19(3)13-16-21/h9,11-13,15-17,20H,1,10,14,18H2,2-8H3/b23-11+/t20-/m0/s1. The molecular formula is C24H37NO4SSi. The third-order valence-corrected chi connectivity index (χ3v) is 12.4. The van der Waals surface area contributed by atoms with Crippen molar-refractivity contribution in [2.75, 3.05) is 13.2 Å². The van der Waals surface area contributed by atoms with Crippen LogP contribution >= 0.6 is 0 Å². The number of hydrogen-bond donors (Lipinski definition) is 0. The Hall–Kier alpha value is -1.83. The summed E-state index contributed by atoms with van der Waals surface area (Å²) in [4.78, 5) is 0.262. The van der Waals surface area contributed by atoms with E-state index in [1.807, 2.05) is 32.1 Å². The summed E-state index contributed by atoms with van der Waals surface area (Å²) < 4.78 is 41.2. The molecule has 0 N–H and O–H groups in total. The average molecular weight is 464 g/mol. The Labute approximate surface area is 189 Å². The molecule has 2 rings (SSSR count). The van der Waals surface area contributed by atoms with Crippen molar-refractivity contribution in [2.45, 2.75) is 70.1 Å². The molecule has 0 amide bonds. The fourth-order valence-corrected chi connectivity index (χ4v) is 5.83. The van der Waals surface area contributed by atoms with Gasteiger partial charge in [-0.05, 0) is 56.6 Å². The zero-order valence-electron chi connectivity index (χ0n) is 19.9. The average Bonchev–Trinajstić information content (AvgIpc) is 3.10. The first kappa shape index (κ1) is 25.4. The van der Waals surface area contributed by atoms with E-state index in [1.54, 1.807) is 24.3 Å². The lowest BCUT2D eigenvalue weighted by Gasteiger charge is -2.38. The van der Waals surface area contributed by atoms with Crippen LogP contribution in [0.25, 0.3) is 0 Å². The van der Waals surface area contributed by atoms with Crippen LogP contribution in [0.2, 0.25) is 18.1 Å². The van der Waals surface area contributed by atoms with Gasteiger partial charge in [0.1, 0.15) is 5.76 Å². The van der Waals surface area contributed by atoms with Crippen LogP contribution < -0.4 is 0 Å². The van der Waals surface area contributed by atoms with Crippen LogP contribution in [0.15, 0.2) is 65.4 Å². The maximum absolute atomic E-state index is 13.7. The predicted molar refractivity (Wildman–Crippen MR) is 130 cm³/mol. The van der Waals surface area contributed by atoms with Gasteiger partial charge in [-0.3, -0.25) is 4.31 Å². The first-order valence-electron chi connectivity index (χ1n) is 10.8. The van der Waals surface area contributed by atoms with E-state index >= 15 is 0 Å². The number of benzene rings is 1. The molecule has 0 aliphatic carbocycles. The van der Waals surface area contributed by atoms with Crippen molar-refractivity contribution in [3.8, 4) is 0 Å². The number of aryl methyl sites for hydroxylation is 1. The van der Waals surface area contributed by atoms with Crippen molar-refractivity contribution in [3.63, 3.8) is 0 Å². The summed E-state index contributed by atoms with van der Waals surface area (Å²) in [7, 11) is -5.83. The van der Waals surface area contributed by atoms with Crippen LogP contribution in [-0.2, 0) is 19.2 Å². The van der Waals surface area contributed by atoms with Crippen molar-refractivity contribution in [1.82, 2.24) is 4.31 Å². The minimum Gasteiger partial charge on any atom is -0.492 e. The van der Waals surface area contributed by atoms with E-state index in [0.29, 0.717) is 31.1 Å². The molecule has 1 aliphatic rings. The fourth-order valence-electron chi connectivity index (χ4n) is 3.12. The summed E-state index contributed by atoms with van der Waals surface area (Å²) >= 11 is 0. The highest BCUT2D eigenvalue weighted by atomic mass is 32.2. The summed E-state index contributed by atoms with van der Waals surface area (Å²) in [6.45, 7) is 19.2. The lowest BCUT2D eigenvalue weighted by molar-refractivity contribution is 0.198. The Bertz CT molecular complexity index is 941. The number of nitrogens with zero attached hydrogens (tertiary/aromatic N) is 1. The van der Waals surface area contributed by atoms with Gasteiger partial charge >= 0.3 is 0 Å². The third-order valence-electron chi connectivity index (χ3n) is 5.99. The lowest BCUT2D eigenvalue weighted by atomic mass is 10.2. The Morgan fingerprint density at radius 1 is 1.26 bits per heavy atom. The monoisotopic (exact) mass is 463 g/mol. The summed E-state index contributed by atoms with van der Waals surface area (Å²) in [6, 6.07) is 6.62. The Morgan fingerprint density at radius 2 is 1.87 bits per heavy atom. The zero-order chi connectivity index (χ0) is 23.4. The van der Waals surface area contributed by atoms with E-state index in [2.05, 4.69) is 40.4 Å². The van der Waals surface area contributed by atoms with Crippen molar-refractivity contribution in [3.05, 3.63) is 66.1 Å². The van der Waals surface area contributed by atoms with E-state index in [1.165, 1.54) is 4.31 Å². The van der Waals surface area contributed by atoms with Gasteiger partial charge in [-0.25, -0.2) is 8.42 Å². The molecule has 0 saturated carbocycles. The molecule has 5 nitrogen and oxygen atoms in total. The van der Waals surface area contributed by atoms with E-state index in [4.69, 9.17) is 9.16 Å². The SMILES string of the molecule is C=C/C=C(/OCC)C1=CC[C@@H](CO[Si](C)(C)C(C)(C)C)N1S(=O)(=O)c1ccc(C)cc1. The van der Waals surface area contributed by atoms with Gasteiger partial charge in [-0.2, -0.15) is 0 Å². The van der Waals surface area contributed by atoms with Gasteiger partial charge in [0.25, 0.3) is 10.0 Å². The van der Waals surface area contributed by atoms with Gasteiger partial charge in [0.2, 0.25) is 0 Å². The van der Waals surface area contributed by atoms with E-state index < -0.39 is 18.3 Å². The zero-order valence-corrected chi connectivity index (χ0v) is 21.8. The summed E-state index contributed by atoms with van der Waals surface area (Å²) in [5, 5.41) is 0.0434. The summed E-state index contributed by atoms with van der Waals surface area (Å²) in [5.41, 5.74) is 1.56. The van der Waals surface area contributed by atoms with Crippen molar-refractivity contribution >= 4 is 18.3 Å². The first-order valence-corrected chi connectivity index (χ1v) is 15.1. The van der Waals surface area contributed by atoms with Gasteiger partial charge in [0.05, 0.1) is 29.8 Å². The highest BCUT2D eigenvalue weighted by Gasteiger charge is 2.42. The number of ether oxygens (including phenoxy) is 1. The van der Waals surface area contributed by atoms with Crippen LogP contribution in [0.5, 0.6) is 0 Å². The van der Waals surface area contributed by atoms with Gasteiger partial charge in [0, 0.05) is 0 Å². The smallest absolute Gasteiger partial charge is 0.264 e. The summed E-state index contributed by atoms with van der Waals surface area (Å²) in [5.74, 6) is 0.503. The van der Waals surface area contributed by atoms with Crippen LogP contribution in [0.3, 0.4) is 0 Å². The highest BCUT2D eigenvalue weighted by Crippen LogP contribution is 2.39. The molecule has 0 saturated heterocycles. The van der Waals surface area contributed by atoms with E-state index in [-0.39, 0.29) is 16.0 Å². The van der Waals surface area contributed by atoms with Crippen LogP contribution in [0.4, 0.5) is 0 Å². The molecule has 1 aromatic carbocycles. The van der Waals surface area contributed by atoms with Crippen molar-refractivity contribution < 1.29 is 17.6 Å². The van der Waals surface area contributed by atoms with Crippen LogP contribution in [-0.4, -0.2) is 40.3 Å². The molecule has 1 atom stereocenters. The quantitative estimate of drug-likeness (QED) is 0.265. The van der Waals surface area contributed by atoms with Gasteiger partial charge in [-0.1, -0.05) is 57.2 Å². The second-order valence-corrected chi connectivity index (χ2v) is 16.0. The first-order chi connectivity index (χ1) is 14.3. The molecule has 1 aromatic rings. The maximum atomic E-state index is 13.7. The molecular weight excluding hydrogens is 426 g/mol. The second kappa shape index (κ2) is 9.75. The van der Waals surface area contributed by atoms with Gasteiger partial charge < -0.3 is 9.16 Å². The Morgan fingerprint density at radius 3 is 2.39 bits per heavy atom. The number of hydrogen-bond acceptors (Lipinski definition) is 4. The Kier molecular flexibility index (Phi) is 8.00. The molecule has 7 heteroatoms. The largest absolute Gasteiger partial charge is 0.492 e. The molecule has 0 bridgehead atoms. The third kappa shape index (κ3) is 5.70. The molecule has 0 unspecified atom stereocenters. The van der Waals surface area contributed by atoms with Gasteiger partial charge in [-0.15, -0.1) is 0 Å². The normalized spacial score (nSPS) is 18.2. The van der Waals surface area contributed by atoms with Crippen molar-refractivity contribution in [1.29, 1.82) is 0 Å². The Balaban J connectivity index is 2.46. The predicted octanol–water partition coefficient (Wildman–Crippen LogP) is 5.77. The van der Waals surface area contributed by atoms with Crippen LogP contribution in [0, 0.1) is 6.92 Å². The minimum atomic E-state index is -3.79. The number of sulfonamides is 1. The van der Waals surface area contributed by atoms with E-state index in [0.717, 1.165) is 5.56 Å². The van der Waals surface area contributed by atoms with Crippen LogP contribution in [0.1, 0.15) is 39.7 Å². The topological polar surface area (TPSA) is 55.8 Å². The molecule has 1 aliphatic heterocycles. The van der Waals surface area contributed by atoms with E-state index in [9.17, 15) is 8.42 Å². The number of rotatable bonds is 9. The summed E-state index contributed by atoms with van der Waals surface area (Å²) in [6.07, 6.45) is 5.82. The van der Waals surface area contributed by atoms with Gasteiger partial charge in [0.15, 0.2) is 8.32 Å². The lowest BCUT2D eigenvalue weighted by Crippen LogP contribution is -2.46. The molecule has 0 aromatic heterocycles. The maximum Gasteiger partial charge on any atom is 0.264 e. The second-order valence-electron chi connectivity index (χ2n) is 9.36. The molecule has 0 fully saturated rings. The fraction of sp³-hybridized carbons (Fsp3) is 0.500. The molecule has 0 radical (unpaired) electrons. The molecule has 1 heterocycles. The highest BCUT2D eigenvalue weighted by molar-refractivity contribution is 7.89. The van der Waals surface area contributed by atoms with Crippen molar-refractivity contribution in [2.24, 2.45) is 0 Å². The molecule has 31 heavy (non-hydrogen) atoms. The molecule has 0 spiro atoms. The number of allylic oxidation sites excluding steroid dienone is 2. The minimum absolute atomic E-state index is 0.0434.